The lowest BCUT2D eigenvalue weighted by Gasteiger charge is -2.32. The molecule has 1 atom stereocenters. The summed E-state index contributed by atoms with van der Waals surface area (Å²) in [6.45, 7) is 1.70. The molecule has 26 heavy (non-hydrogen) atoms. The van der Waals surface area contributed by atoms with E-state index in [-0.39, 0.29) is 12.1 Å². The SMILES string of the molecule is CS(=O)(=O)N[C@@H]1CCCN(C(=O)Nc2cccc(N3CCOC3=O)c2)C1. The van der Waals surface area contributed by atoms with Crippen LogP contribution >= 0.6 is 0 Å². The maximum absolute atomic E-state index is 12.5. The van der Waals surface area contributed by atoms with Crippen LogP contribution in [-0.2, 0) is 14.8 Å². The van der Waals surface area contributed by atoms with Gasteiger partial charge in [0.15, 0.2) is 0 Å². The molecule has 1 aromatic carbocycles. The van der Waals surface area contributed by atoms with Crippen molar-refractivity contribution in [1.29, 1.82) is 0 Å². The summed E-state index contributed by atoms with van der Waals surface area (Å²) in [5.41, 5.74) is 1.21. The monoisotopic (exact) mass is 382 g/mol. The Morgan fingerprint density at radius 2 is 2.12 bits per heavy atom. The summed E-state index contributed by atoms with van der Waals surface area (Å²) in [6.07, 6.45) is 2.13. The minimum Gasteiger partial charge on any atom is -0.447 e. The van der Waals surface area contributed by atoms with Gasteiger partial charge in [-0.25, -0.2) is 22.7 Å². The van der Waals surface area contributed by atoms with Gasteiger partial charge < -0.3 is 15.0 Å². The second kappa shape index (κ2) is 7.50. The number of sulfonamides is 1. The Kier molecular flexibility index (Phi) is 5.33. The smallest absolute Gasteiger partial charge is 0.414 e. The van der Waals surface area contributed by atoms with E-state index in [1.807, 2.05) is 0 Å². The molecule has 9 nitrogen and oxygen atoms in total. The highest BCUT2D eigenvalue weighted by molar-refractivity contribution is 7.88. The summed E-state index contributed by atoms with van der Waals surface area (Å²) in [5.74, 6) is 0. The molecule has 3 rings (SSSR count). The quantitative estimate of drug-likeness (QED) is 0.813. The van der Waals surface area contributed by atoms with Crippen molar-refractivity contribution >= 4 is 33.5 Å². The average molecular weight is 382 g/mol. The Hall–Kier alpha value is -2.33. The van der Waals surface area contributed by atoms with E-state index in [1.165, 1.54) is 4.90 Å². The van der Waals surface area contributed by atoms with Crippen molar-refractivity contribution in [3.63, 3.8) is 0 Å². The molecule has 2 saturated heterocycles. The summed E-state index contributed by atoms with van der Waals surface area (Å²) >= 11 is 0. The van der Waals surface area contributed by atoms with Crippen LogP contribution in [0.5, 0.6) is 0 Å². The van der Waals surface area contributed by atoms with Crippen molar-refractivity contribution < 1.29 is 22.7 Å². The number of carbonyl (C=O) groups excluding carboxylic acids is 2. The number of benzene rings is 1. The lowest BCUT2D eigenvalue weighted by Crippen LogP contribution is -2.50. The number of ether oxygens (including phenoxy) is 1. The zero-order chi connectivity index (χ0) is 18.7. The van der Waals surface area contributed by atoms with E-state index < -0.39 is 16.1 Å². The van der Waals surface area contributed by atoms with E-state index in [4.69, 9.17) is 4.74 Å². The first-order chi connectivity index (χ1) is 12.3. The number of urea groups is 1. The van der Waals surface area contributed by atoms with Crippen LogP contribution in [0.1, 0.15) is 12.8 Å². The highest BCUT2D eigenvalue weighted by atomic mass is 32.2. The van der Waals surface area contributed by atoms with E-state index in [0.29, 0.717) is 44.0 Å². The number of hydrogen-bond acceptors (Lipinski definition) is 5. The average Bonchev–Trinajstić information content (AvgIpc) is 3.00. The van der Waals surface area contributed by atoms with E-state index in [2.05, 4.69) is 10.0 Å². The van der Waals surface area contributed by atoms with E-state index in [0.717, 1.165) is 12.7 Å². The van der Waals surface area contributed by atoms with Gasteiger partial charge >= 0.3 is 12.1 Å². The number of cyclic esters (lactones) is 1. The fourth-order valence-corrected chi connectivity index (χ4v) is 3.94. The van der Waals surface area contributed by atoms with E-state index in [9.17, 15) is 18.0 Å². The number of piperidine rings is 1. The van der Waals surface area contributed by atoms with Gasteiger partial charge in [-0.3, -0.25) is 4.90 Å². The molecule has 3 amide bonds. The number of hydrogen-bond donors (Lipinski definition) is 2. The third-order valence-electron chi connectivity index (χ3n) is 4.26. The van der Waals surface area contributed by atoms with Crippen molar-refractivity contribution in [2.24, 2.45) is 0 Å². The summed E-state index contributed by atoms with van der Waals surface area (Å²) in [7, 11) is -3.31. The van der Waals surface area contributed by atoms with Crippen molar-refractivity contribution in [2.75, 3.05) is 42.7 Å². The van der Waals surface area contributed by atoms with Gasteiger partial charge in [-0.05, 0) is 31.0 Å². The topological polar surface area (TPSA) is 108 Å². The number of nitrogens with zero attached hydrogens (tertiary/aromatic N) is 2. The molecule has 0 aliphatic carbocycles. The molecule has 0 aromatic heterocycles. The van der Waals surface area contributed by atoms with Gasteiger partial charge in [0.1, 0.15) is 6.61 Å². The highest BCUT2D eigenvalue weighted by Gasteiger charge is 2.26. The number of likely N-dealkylation sites (tertiary alicyclic amines) is 1. The first-order valence-corrected chi connectivity index (χ1v) is 10.3. The van der Waals surface area contributed by atoms with Crippen molar-refractivity contribution in [3.8, 4) is 0 Å². The molecule has 0 spiro atoms. The molecule has 10 heteroatoms. The molecule has 0 bridgehead atoms. The molecule has 2 fully saturated rings. The third kappa shape index (κ3) is 4.64. The summed E-state index contributed by atoms with van der Waals surface area (Å²) < 4.78 is 30.2. The van der Waals surface area contributed by atoms with Crippen LogP contribution in [0.4, 0.5) is 21.0 Å². The largest absolute Gasteiger partial charge is 0.447 e. The van der Waals surface area contributed by atoms with Crippen molar-refractivity contribution in [1.82, 2.24) is 9.62 Å². The Morgan fingerprint density at radius 1 is 1.31 bits per heavy atom. The Balaban J connectivity index is 1.63. The number of rotatable bonds is 4. The molecule has 0 saturated carbocycles. The predicted molar refractivity (Wildman–Crippen MR) is 96.7 cm³/mol. The fourth-order valence-electron chi connectivity index (χ4n) is 3.14. The molecular weight excluding hydrogens is 360 g/mol. The fraction of sp³-hybridized carbons (Fsp3) is 0.500. The standard InChI is InChI=1S/C16H22N4O5S/c1-26(23,24)18-13-5-3-7-19(11-13)15(21)17-12-4-2-6-14(10-12)20-8-9-25-16(20)22/h2,4,6,10,13,18H,3,5,7-9,11H2,1H3,(H,17,21)/t13-/m1/s1. The third-order valence-corrected chi connectivity index (χ3v) is 5.02. The lowest BCUT2D eigenvalue weighted by atomic mass is 10.1. The predicted octanol–water partition coefficient (Wildman–Crippen LogP) is 1.19. The van der Waals surface area contributed by atoms with E-state index in [1.54, 1.807) is 29.2 Å². The molecule has 0 radical (unpaired) electrons. The molecule has 2 N–H and O–H groups in total. The zero-order valence-electron chi connectivity index (χ0n) is 14.5. The second-order valence-electron chi connectivity index (χ2n) is 6.42. The lowest BCUT2D eigenvalue weighted by molar-refractivity contribution is 0.181. The number of anilines is 2. The van der Waals surface area contributed by atoms with Gasteiger partial charge in [0.05, 0.1) is 12.8 Å². The number of amides is 3. The molecule has 2 aliphatic heterocycles. The van der Waals surface area contributed by atoms with Gasteiger partial charge in [-0.1, -0.05) is 6.07 Å². The molecular formula is C16H22N4O5S. The number of nitrogens with one attached hydrogen (secondary N) is 2. The van der Waals surface area contributed by atoms with Crippen LogP contribution in [0.2, 0.25) is 0 Å². The van der Waals surface area contributed by atoms with Gasteiger partial charge in [0, 0.05) is 30.5 Å². The van der Waals surface area contributed by atoms with Crippen LogP contribution in [0.15, 0.2) is 24.3 Å². The second-order valence-corrected chi connectivity index (χ2v) is 8.20. The van der Waals surface area contributed by atoms with Gasteiger partial charge in [-0.2, -0.15) is 0 Å². The van der Waals surface area contributed by atoms with Crippen LogP contribution in [0.3, 0.4) is 0 Å². The summed E-state index contributed by atoms with van der Waals surface area (Å²) in [6, 6.07) is 6.39. The van der Waals surface area contributed by atoms with Gasteiger partial charge in [0.25, 0.3) is 0 Å². The summed E-state index contributed by atoms with van der Waals surface area (Å²) in [5, 5.41) is 2.80. The summed E-state index contributed by atoms with van der Waals surface area (Å²) in [4.78, 5) is 27.3. The van der Waals surface area contributed by atoms with Crippen molar-refractivity contribution in [3.05, 3.63) is 24.3 Å². The first-order valence-electron chi connectivity index (χ1n) is 8.39. The zero-order valence-corrected chi connectivity index (χ0v) is 15.3. The van der Waals surface area contributed by atoms with Crippen LogP contribution < -0.4 is 14.9 Å². The maximum Gasteiger partial charge on any atom is 0.414 e. The van der Waals surface area contributed by atoms with E-state index >= 15 is 0 Å². The highest BCUT2D eigenvalue weighted by Crippen LogP contribution is 2.23. The molecule has 1 aromatic rings. The number of carbonyl (C=O) groups is 2. The normalized spacial score (nSPS) is 20.8. The Morgan fingerprint density at radius 3 is 2.81 bits per heavy atom. The molecule has 2 heterocycles. The van der Waals surface area contributed by atoms with Gasteiger partial charge in [-0.15, -0.1) is 0 Å². The minimum absolute atomic E-state index is 0.282. The van der Waals surface area contributed by atoms with Crippen molar-refractivity contribution in [2.45, 2.75) is 18.9 Å². The Bertz CT molecular complexity index is 798. The van der Waals surface area contributed by atoms with Crippen LogP contribution in [0.25, 0.3) is 0 Å². The molecule has 2 aliphatic rings. The maximum atomic E-state index is 12.5. The Labute approximate surface area is 152 Å². The first kappa shape index (κ1) is 18.5. The minimum atomic E-state index is -3.31. The van der Waals surface area contributed by atoms with Gasteiger partial charge in [0.2, 0.25) is 10.0 Å². The molecule has 142 valence electrons. The molecule has 0 unspecified atom stereocenters. The van der Waals surface area contributed by atoms with Crippen LogP contribution in [-0.4, -0.2) is 64.0 Å². The van der Waals surface area contributed by atoms with Crippen LogP contribution in [0, 0.1) is 0 Å².